The van der Waals surface area contributed by atoms with Gasteiger partial charge in [0.25, 0.3) is 5.91 Å². The van der Waals surface area contributed by atoms with Crippen LogP contribution in [0, 0.1) is 6.92 Å². The zero-order chi connectivity index (χ0) is 17.9. The van der Waals surface area contributed by atoms with Gasteiger partial charge in [0, 0.05) is 51.7 Å². The van der Waals surface area contributed by atoms with E-state index in [1.807, 2.05) is 24.1 Å². The van der Waals surface area contributed by atoms with E-state index in [-0.39, 0.29) is 12.0 Å². The topological polar surface area (TPSA) is 72.2 Å². The van der Waals surface area contributed by atoms with Gasteiger partial charge in [-0.3, -0.25) is 14.1 Å². The van der Waals surface area contributed by atoms with Crippen molar-refractivity contribution in [1.82, 2.24) is 24.2 Å². The molecular weight excluding hydrogens is 334 g/mol. The predicted molar refractivity (Wildman–Crippen MR) is 95.2 cm³/mol. The van der Waals surface area contributed by atoms with E-state index in [1.54, 1.807) is 10.6 Å². The highest BCUT2D eigenvalue weighted by Crippen LogP contribution is 2.16. The van der Waals surface area contributed by atoms with Crippen LogP contribution in [0.25, 0.3) is 5.78 Å². The minimum absolute atomic E-state index is 0.000442. The molecule has 1 unspecified atom stereocenters. The van der Waals surface area contributed by atoms with E-state index in [1.165, 1.54) is 0 Å². The maximum Gasteiger partial charge on any atom is 0.272 e. The van der Waals surface area contributed by atoms with Crippen molar-refractivity contribution in [1.29, 1.82) is 0 Å². The first-order valence-electron chi connectivity index (χ1n) is 9.23. The lowest BCUT2D eigenvalue weighted by Crippen LogP contribution is -2.46. The Kier molecular flexibility index (Phi) is 5.14. The van der Waals surface area contributed by atoms with Crippen molar-refractivity contribution in [2.24, 2.45) is 0 Å². The summed E-state index contributed by atoms with van der Waals surface area (Å²) in [5.41, 5.74) is 1.31. The number of carbonyl (C=O) groups is 1. The summed E-state index contributed by atoms with van der Waals surface area (Å²) in [6.45, 7) is 8.06. The molecule has 8 heteroatoms. The van der Waals surface area contributed by atoms with Gasteiger partial charge in [-0.15, -0.1) is 0 Å². The Balaban J connectivity index is 1.51. The molecule has 2 fully saturated rings. The molecule has 8 nitrogen and oxygen atoms in total. The number of morpholine rings is 1. The molecule has 0 aromatic carbocycles. The molecule has 4 heterocycles. The Labute approximate surface area is 152 Å². The molecular formula is C18H25N5O3. The van der Waals surface area contributed by atoms with Crippen LogP contribution in [0.4, 0.5) is 0 Å². The van der Waals surface area contributed by atoms with Crippen LogP contribution in [0.1, 0.15) is 22.6 Å². The molecule has 2 aromatic heterocycles. The normalized spacial score (nSPS) is 22.5. The largest absolute Gasteiger partial charge is 0.379 e. The summed E-state index contributed by atoms with van der Waals surface area (Å²) in [6, 6.07) is 1.82. The van der Waals surface area contributed by atoms with E-state index in [0.717, 1.165) is 39.3 Å². The van der Waals surface area contributed by atoms with Crippen molar-refractivity contribution in [3.8, 4) is 0 Å². The predicted octanol–water partition coefficient (Wildman–Crippen LogP) is 0.601. The fourth-order valence-corrected chi connectivity index (χ4v) is 3.67. The summed E-state index contributed by atoms with van der Waals surface area (Å²) in [5.74, 6) is 0.560. The molecule has 0 radical (unpaired) electrons. The lowest BCUT2D eigenvalue weighted by atomic mass is 10.2. The van der Waals surface area contributed by atoms with Gasteiger partial charge in [0.15, 0.2) is 0 Å². The number of aryl methyl sites for hydroxylation is 1. The third kappa shape index (κ3) is 3.58. The molecule has 4 rings (SSSR count). The second-order valence-electron chi connectivity index (χ2n) is 6.85. The maximum atomic E-state index is 13.2. The van der Waals surface area contributed by atoms with Crippen molar-refractivity contribution < 1.29 is 14.3 Å². The number of imidazole rings is 1. The smallest absolute Gasteiger partial charge is 0.272 e. The van der Waals surface area contributed by atoms with Crippen LogP contribution in [0.15, 0.2) is 18.5 Å². The number of amides is 1. The molecule has 2 aromatic rings. The highest BCUT2D eigenvalue weighted by atomic mass is 16.5. The van der Waals surface area contributed by atoms with Gasteiger partial charge in [0.2, 0.25) is 5.78 Å². The lowest BCUT2D eigenvalue weighted by Gasteiger charge is -2.31. The van der Waals surface area contributed by atoms with Crippen LogP contribution in [-0.2, 0) is 9.47 Å². The number of carbonyl (C=O) groups excluding carboxylic acids is 1. The van der Waals surface area contributed by atoms with Crippen LogP contribution in [0.5, 0.6) is 0 Å². The van der Waals surface area contributed by atoms with Gasteiger partial charge < -0.3 is 14.4 Å². The highest BCUT2D eigenvalue weighted by molar-refractivity contribution is 5.94. The maximum absolute atomic E-state index is 13.2. The zero-order valence-corrected chi connectivity index (χ0v) is 15.1. The summed E-state index contributed by atoms with van der Waals surface area (Å²) >= 11 is 0. The van der Waals surface area contributed by atoms with E-state index in [2.05, 4.69) is 14.9 Å². The molecule has 1 amide bonds. The van der Waals surface area contributed by atoms with Crippen molar-refractivity contribution in [3.63, 3.8) is 0 Å². The number of fused-ring (bicyclic) bond motifs is 1. The average molecular weight is 359 g/mol. The van der Waals surface area contributed by atoms with Crippen molar-refractivity contribution >= 4 is 11.7 Å². The summed E-state index contributed by atoms with van der Waals surface area (Å²) < 4.78 is 13.2. The summed E-state index contributed by atoms with van der Waals surface area (Å²) in [5, 5.41) is 0. The fraction of sp³-hybridized carbons (Fsp3) is 0.611. The monoisotopic (exact) mass is 359 g/mol. The Morgan fingerprint density at radius 3 is 2.96 bits per heavy atom. The van der Waals surface area contributed by atoms with Gasteiger partial charge in [-0.25, -0.2) is 9.97 Å². The Bertz CT molecular complexity index is 771. The van der Waals surface area contributed by atoms with E-state index in [4.69, 9.17) is 9.47 Å². The first-order chi connectivity index (χ1) is 12.7. The molecule has 0 aliphatic carbocycles. The summed E-state index contributed by atoms with van der Waals surface area (Å²) in [4.78, 5) is 26.1. The first kappa shape index (κ1) is 17.4. The molecule has 0 bridgehead atoms. The number of rotatable bonds is 3. The van der Waals surface area contributed by atoms with Crippen LogP contribution < -0.4 is 0 Å². The van der Waals surface area contributed by atoms with Gasteiger partial charge in [0.05, 0.1) is 25.0 Å². The van der Waals surface area contributed by atoms with Crippen LogP contribution in [0.3, 0.4) is 0 Å². The number of hydrogen-bond donors (Lipinski definition) is 0. The van der Waals surface area contributed by atoms with Gasteiger partial charge >= 0.3 is 0 Å². The average Bonchev–Trinajstić information content (AvgIpc) is 2.82. The molecule has 2 aliphatic heterocycles. The summed E-state index contributed by atoms with van der Waals surface area (Å²) in [7, 11) is 0. The second-order valence-corrected chi connectivity index (χ2v) is 6.85. The molecule has 0 spiro atoms. The third-order valence-corrected chi connectivity index (χ3v) is 4.98. The Morgan fingerprint density at radius 2 is 2.12 bits per heavy atom. The van der Waals surface area contributed by atoms with E-state index in [9.17, 15) is 4.79 Å². The van der Waals surface area contributed by atoms with Gasteiger partial charge in [-0.1, -0.05) is 0 Å². The number of nitrogens with zero attached hydrogens (tertiary/aromatic N) is 5. The molecule has 26 heavy (non-hydrogen) atoms. The molecule has 2 saturated heterocycles. The van der Waals surface area contributed by atoms with Crippen LogP contribution in [0.2, 0.25) is 0 Å². The standard InChI is InChI=1S/C18H25N5O3/c1-14-16(23-6-2-4-19-18(23)20-14)17(24)22-5-3-9-26-15(13-22)12-21-7-10-25-11-8-21/h2,4,6,15H,3,5,7-13H2,1H3. The van der Waals surface area contributed by atoms with Gasteiger partial charge in [-0.2, -0.15) is 0 Å². The summed E-state index contributed by atoms with van der Waals surface area (Å²) in [6.07, 6.45) is 4.40. The van der Waals surface area contributed by atoms with Crippen molar-refractivity contribution in [2.45, 2.75) is 19.4 Å². The molecule has 2 aliphatic rings. The highest BCUT2D eigenvalue weighted by Gasteiger charge is 2.28. The van der Waals surface area contributed by atoms with Gasteiger partial charge in [-0.05, 0) is 19.4 Å². The van der Waals surface area contributed by atoms with Crippen molar-refractivity contribution in [2.75, 3.05) is 52.5 Å². The number of hydrogen-bond acceptors (Lipinski definition) is 6. The Hall–Kier alpha value is -2.03. The molecule has 1 atom stereocenters. The van der Waals surface area contributed by atoms with Crippen molar-refractivity contribution in [3.05, 3.63) is 29.8 Å². The zero-order valence-electron chi connectivity index (χ0n) is 15.1. The van der Waals surface area contributed by atoms with E-state index < -0.39 is 0 Å². The number of ether oxygens (including phenoxy) is 2. The first-order valence-corrected chi connectivity index (χ1v) is 9.23. The SMILES string of the molecule is Cc1nc2ncccn2c1C(=O)N1CCCOC(CN2CCOCC2)C1. The fourth-order valence-electron chi connectivity index (χ4n) is 3.67. The lowest BCUT2D eigenvalue weighted by molar-refractivity contribution is -0.0112. The van der Waals surface area contributed by atoms with Gasteiger partial charge in [0.1, 0.15) is 5.69 Å². The minimum Gasteiger partial charge on any atom is -0.379 e. The third-order valence-electron chi connectivity index (χ3n) is 4.98. The minimum atomic E-state index is 0.000442. The Morgan fingerprint density at radius 1 is 1.27 bits per heavy atom. The number of aromatic nitrogens is 3. The molecule has 0 N–H and O–H groups in total. The van der Waals surface area contributed by atoms with Crippen LogP contribution >= 0.6 is 0 Å². The van der Waals surface area contributed by atoms with E-state index in [0.29, 0.717) is 36.9 Å². The molecule has 0 saturated carbocycles. The quantitative estimate of drug-likeness (QED) is 0.799. The second kappa shape index (κ2) is 7.69. The van der Waals surface area contributed by atoms with Crippen LogP contribution in [-0.4, -0.2) is 88.7 Å². The molecule has 140 valence electrons. The van der Waals surface area contributed by atoms with E-state index >= 15 is 0 Å².